The van der Waals surface area contributed by atoms with Crippen LogP contribution >= 0.6 is 0 Å². The van der Waals surface area contributed by atoms with Gasteiger partial charge >= 0.3 is 0 Å². The smallest absolute Gasteiger partial charge is 0.244 e. The van der Waals surface area contributed by atoms with E-state index in [0.717, 1.165) is 12.1 Å². The molecule has 2 aromatic rings. The van der Waals surface area contributed by atoms with Gasteiger partial charge in [-0.2, -0.15) is 0 Å². The van der Waals surface area contributed by atoms with Crippen LogP contribution in [0.5, 0.6) is 0 Å². The van der Waals surface area contributed by atoms with Gasteiger partial charge in [0, 0.05) is 12.6 Å². The summed E-state index contributed by atoms with van der Waals surface area (Å²) >= 11 is 0. The molecule has 0 bridgehead atoms. The predicted molar refractivity (Wildman–Crippen MR) is 99.0 cm³/mol. The van der Waals surface area contributed by atoms with Crippen LogP contribution in [0.2, 0.25) is 0 Å². The van der Waals surface area contributed by atoms with Crippen LogP contribution in [0.4, 0.5) is 0 Å². The van der Waals surface area contributed by atoms with Gasteiger partial charge in [0.2, 0.25) is 5.91 Å². The van der Waals surface area contributed by atoms with Gasteiger partial charge in [0.15, 0.2) is 0 Å². The topological polar surface area (TPSA) is 32.3 Å². The van der Waals surface area contributed by atoms with Gasteiger partial charge in [0.25, 0.3) is 0 Å². The van der Waals surface area contributed by atoms with Gasteiger partial charge in [-0.1, -0.05) is 72.5 Å². The molecule has 0 atom stereocenters. The molecule has 2 aromatic carbocycles. The Morgan fingerprint density at radius 2 is 1.71 bits per heavy atom. The lowest BCUT2D eigenvalue weighted by Crippen LogP contribution is -2.21. The molecule has 0 aliphatic heterocycles. The van der Waals surface area contributed by atoms with E-state index in [4.69, 9.17) is 0 Å². The summed E-state index contributed by atoms with van der Waals surface area (Å²) < 4.78 is 0. The van der Waals surface area contributed by atoms with Gasteiger partial charge in [0.1, 0.15) is 0 Å². The van der Waals surface area contributed by atoms with Crippen molar-refractivity contribution in [3.8, 4) is 11.8 Å². The summed E-state index contributed by atoms with van der Waals surface area (Å²) in [5.74, 6) is 5.91. The second-order valence-corrected chi connectivity index (χ2v) is 5.47. The Morgan fingerprint density at radius 1 is 1.04 bits per heavy atom. The molecule has 0 spiro atoms. The maximum Gasteiger partial charge on any atom is 0.244 e. The molecule has 0 aliphatic carbocycles. The van der Waals surface area contributed by atoms with Crippen molar-refractivity contribution in [2.24, 2.45) is 0 Å². The number of hydrogen-bond donors (Lipinski definition) is 1. The van der Waals surface area contributed by atoms with Crippen LogP contribution in [0, 0.1) is 11.8 Å². The van der Waals surface area contributed by atoms with E-state index in [2.05, 4.69) is 34.2 Å². The van der Waals surface area contributed by atoms with Crippen LogP contribution < -0.4 is 5.32 Å². The Hall–Kier alpha value is -2.83. The summed E-state index contributed by atoms with van der Waals surface area (Å²) in [5.41, 5.74) is 2.27. The fraction of sp³-hybridized carbons (Fsp3) is 0.190. The Balaban J connectivity index is 1.66. The minimum absolute atomic E-state index is 0.134. The van der Waals surface area contributed by atoms with E-state index in [9.17, 15) is 4.79 Å². The van der Waals surface area contributed by atoms with Crippen molar-refractivity contribution in [2.45, 2.75) is 6.54 Å². The molecule has 1 N–H and O–H groups in total. The summed E-state index contributed by atoms with van der Waals surface area (Å²) in [6, 6.07) is 20.0. The zero-order valence-corrected chi connectivity index (χ0v) is 13.9. The zero-order chi connectivity index (χ0) is 17.0. The number of amides is 1. The first-order valence-corrected chi connectivity index (χ1v) is 7.93. The summed E-state index contributed by atoms with van der Waals surface area (Å²) in [6.45, 7) is 1.89. The number of nitrogens with one attached hydrogen (secondary N) is 1. The molecular weight excluding hydrogens is 296 g/mol. The van der Waals surface area contributed by atoms with Gasteiger partial charge in [-0.05, 0) is 24.3 Å². The first kappa shape index (κ1) is 17.5. The highest BCUT2D eigenvalue weighted by Crippen LogP contribution is 2.01. The van der Waals surface area contributed by atoms with E-state index in [1.54, 1.807) is 6.08 Å². The summed E-state index contributed by atoms with van der Waals surface area (Å²) in [5, 5.41) is 2.76. The Labute approximate surface area is 144 Å². The maximum absolute atomic E-state index is 11.7. The molecule has 0 saturated carbocycles. The van der Waals surface area contributed by atoms with Crippen molar-refractivity contribution in [3.63, 3.8) is 0 Å². The molecule has 3 heteroatoms. The monoisotopic (exact) mass is 318 g/mol. The second-order valence-electron chi connectivity index (χ2n) is 5.47. The number of carbonyl (C=O) groups is 1. The van der Waals surface area contributed by atoms with Crippen molar-refractivity contribution in [1.82, 2.24) is 10.2 Å². The highest BCUT2D eigenvalue weighted by molar-refractivity contribution is 5.91. The molecule has 3 nitrogen and oxygen atoms in total. The van der Waals surface area contributed by atoms with Crippen molar-refractivity contribution in [3.05, 3.63) is 77.9 Å². The lowest BCUT2D eigenvalue weighted by molar-refractivity contribution is -0.116. The van der Waals surface area contributed by atoms with Crippen molar-refractivity contribution >= 4 is 12.0 Å². The predicted octanol–water partition coefficient (Wildman–Crippen LogP) is 2.95. The summed E-state index contributed by atoms with van der Waals surface area (Å²) in [7, 11) is 2.03. The van der Waals surface area contributed by atoms with Crippen LogP contribution in [0.1, 0.15) is 11.1 Å². The van der Waals surface area contributed by atoms with E-state index in [0.29, 0.717) is 13.1 Å². The van der Waals surface area contributed by atoms with Gasteiger partial charge in [0.05, 0.1) is 13.1 Å². The summed E-state index contributed by atoms with van der Waals surface area (Å²) in [6.07, 6.45) is 3.31. The van der Waals surface area contributed by atoms with Gasteiger partial charge in [-0.3, -0.25) is 9.69 Å². The van der Waals surface area contributed by atoms with Crippen LogP contribution in [0.15, 0.2) is 66.7 Å². The lowest BCUT2D eigenvalue weighted by Gasteiger charge is -2.12. The average Bonchev–Trinajstić information content (AvgIpc) is 2.61. The quantitative estimate of drug-likeness (QED) is 0.656. The van der Waals surface area contributed by atoms with Crippen molar-refractivity contribution < 1.29 is 4.79 Å². The SMILES string of the molecule is CN(CC#CCNC(=O)/C=C/c1ccccc1)Cc1ccccc1. The van der Waals surface area contributed by atoms with Crippen molar-refractivity contribution in [2.75, 3.05) is 20.1 Å². The van der Waals surface area contributed by atoms with Gasteiger partial charge in [-0.25, -0.2) is 0 Å². The molecule has 0 unspecified atom stereocenters. The summed E-state index contributed by atoms with van der Waals surface area (Å²) in [4.78, 5) is 13.8. The first-order valence-electron chi connectivity index (χ1n) is 7.93. The molecule has 0 radical (unpaired) electrons. The van der Waals surface area contributed by atoms with Crippen LogP contribution in [-0.2, 0) is 11.3 Å². The van der Waals surface area contributed by atoms with Gasteiger partial charge in [-0.15, -0.1) is 0 Å². The largest absolute Gasteiger partial charge is 0.342 e. The number of carbonyl (C=O) groups excluding carboxylic acids is 1. The second kappa shape index (κ2) is 10.0. The zero-order valence-electron chi connectivity index (χ0n) is 13.9. The van der Waals surface area contributed by atoms with Crippen LogP contribution in [0.25, 0.3) is 6.08 Å². The number of benzene rings is 2. The Bertz CT molecular complexity index is 712. The number of hydrogen-bond acceptors (Lipinski definition) is 2. The third-order valence-corrected chi connectivity index (χ3v) is 3.35. The van der Waals surface area contributed by atoms with Gasteiger partial charge < -0.3 is 5.32 Å². The molecule has 122 valence electrons. The minimum Gasteiger partial charge on any atom is -0.342 e. The maximum atomic E-state index is 11.7. The first-order chi connectivity index (χ1) is 11.7. The fourth-order valence-corrected chi connectivity index (χ4v) is 2.13. The minimum atomic E-state index is -0.134. The van der Waals surface area contributed by atoms with E-state index in [1.807, 2.05) is 55.6 Å². The van der Waals surface area contributed by atoms with E-state index < -0.39 is 0 Å². The molecule has 1 amide bonds. The van der Waals surface area contributed by atoms with E-state index in [-0.39, 0.29) is 5.91 Å². The molecule has 0 saturated heterocycles. The molecule has 0 aromatic heterocycles. The molecule has 24 heavy (non-hydrogen) atoms. The van der Waals surface area contributed by atoms with Crippen LogP contribution in [0.3, 0.4) is 0 Å². The van der Waals surface area contributed by atoms with Crippen LogP contribution in [-0.4, -0.2) is 30.9 Å². The molecular formula is C21H22N2O. The lowest BCUT2D eigenvalue weighted by atomic mass is 10.2. The fourth-order valence-electron chi connectivity index (χ4n) is 2.13. The molecule has 0 fully saturated rings. The Kier molecular flexibility index (Phi) is 7.33. The normalized spacial score (nSPS) is 10.4. The van der Waals surface area contributed by atoms with Crippen molar-refractivity contribution in [1.29, 1.82) is 0 Å². The standard InChI is InChI=1S/C21H22N2O/c1-23(18-20-12-6-3-7-13-20)17-9-8-16-22-21(24)15-14-19-10-4-2-5-11-19/h2-7,10-15H,16-18H2,1H3,(H,22,24)/b15-14+. The number of rotatable bonds is 6. The highest BCUT2D eigenvalue weighted by Gasteiger charge is 1.97. The molecule has 0 heterocycles. The molecule has 0 aliphatic rings. The average molecular weight is 318 g/mol. The van der Waals surface area contributed by atoms with E-state index >= 15 is 0 Å². The highest BCUT2D eigenvalue weighted by atomic mass is 16.1. The third-order valence-electron chi connectivity index (χ3n) is 3.35. The third kappa shape index (κ3) is 6.95. The number of nitrogens with zero attached hydrogens (tertiary/aromatic N) is 1. The van der Waals surface area contributed by atoms with E-state index in [1.165, 1.54) is 11.6 Å². The molecule has 2 rings (SSSR count). The Morgan fingerprint density at radius 3 is 2.42 bits per heavy atom.